The first-order chi connectivity index (χ1) is 5.47. The first-order valence-electron chi connectivity index (χ1n) is 4.08. The molecule has 2 heteroatoms. The number of hydrogen-bond acceptors (Lipinski definition) is 2. The predicted octanol–water partition coefficient (Wildman–Crippen LogP) is 1.26. The highest BCUT2D eigenvalue weighted by Gasteiger charge is 2.08. The van der Waals surface area contributed by atoms with E-state index in [0.717, 1.165) is 25.9 Å². The van der Waals surface area contributed by atoms with Gasteiger partial charge in [0.1, 0.15) is 0 Å². The van der Waals surface area contributed by atoms with Crippen LogP contribution in [0, 0.1) is 0 Å². The zero-order chi connectivity index (χ0) is 7.52. The van der Waals surface area contributed by atoms with Crippen LogP contribution in [0.4, 0.5) is 0 Å². The molecule has 58 valence electrons. The molecule has 0 aliphatic carbocycles. The summed E-state index contributed by atoms with van der Waals surface area (Å²) in [6.07, 6.45) is 8.47. The van der Waals surface area contributed by atoms with E-state index in [1.807, 2.05) is 6.21 Å². The van der Waals surface area contributed by atoms with Crippen molar-refractivity contribution in [2.75, 3.05) is 13.1 Å². The second kappa shape index (κ2) is 3.01. The third-order valence-corrected chi connectivity index (χ3v) is 2.04. The average Bonchev–Trinajstić information content (AvgIpc) is 2.28. The van der Waals surface area contributed by atoms with Crippen molar-refractivity contribution in [1.29, 1.82) is 0 Å². The van der Waals surface area contributed by atoms with Crippen molar-refractivity contribution < 1.29 is 0 Å². The summed E-state index contributed by atoms with van der Waals surface area (Å²) >= 11 is 0. The second-order valence-electron chi connectivity index (χ2n) is 2.85. The van der Waals surface area contributed by atoms with E-state index >= 15 is 0 Å². The van der Waals surface area contributed by atoms with Crippen molar-refractivity contribution in [1.82, 2.24) is 5.32 Å². The van der Waals surface area contributed by atoms with Crippen LogP contribution in [0.2, 0.25) is 0 Å². The zero-order valence-electron chi connectivity index (χ0n) is 6.51. The molecule has 2 aliphatic rings. The number of rotatable bonds is 0. The van der Waals surface area contributed by atoms with Gasteiger partial charge >= 0.3 is 0 Å². The standard InChI is InChI=1S/C9H12N2/c1-2-5-11-9-7-10-6-4-8(9)3-1/h1,3,5,10H,2,4,6-7H2. The summed E-state index contributed by atoms with van der Waals surface area (Å²) in [7, 11) is 0. The van der Waals surface area contributed by atoms with Crippen molar-refractivity contribution in [2.45, 2.75) is 12.8 Å². The minimum atomic E-state index is 0.941. The maximum absolute atomic E-state index is 4.37. The minimum Gasteiger partial charge on any atom is -0.311 e. The van der Waals surface area contributed by atoms with Crippen LogP contribution in [0.25, 0.3) is 0 Å². The zero-order valence-corrected chi connectivity index (χ0v) is 6.51. The Labute approximate surface area is 66.7 Å². The highest BCUT2D eigenvalue weighted by atomic mass is 14.9. The molecule has 1 N–H and O–H groups in total. The Balaban J connectivity index is 2.31. The van der Waals surface area contributed by atoms with Gasteiger partial charge in [-0.05, 0) is 18.5 Å². The summed E-state index contributed by atoms with van der Waals surface area (Å²) in [5.74, 6) is 0. The number of nitrogens with one attached hydrogen (secondary N) is 1. The molecule has 0 aromatic rings. The molecule has 11 heavy (non-hydrogen) atoms. The first kappa shape index (κ1) is 6.80. The molecule has 2 aliphatic heterocycles. The monoisotopic (exact) mass is 148 g/mol. The van der Waals surface area contributed by atoms with E-state index in [1.165, 1.54) is 11.3 Å². The number of hydrogen-bond donors (Lipinski definition) is 1. The Morgan fingerprint density at radius 2 is 2.45 bits per heavy atom. The Morgan fingerprint density at radius 3 is 3.45 bits per heavy atom. The molecule has 0 saturated carbocycles. The number of aliphatic imine (C=N–C) groups is 1. The van der Waals surface area contributed by atoms with Crippen molar-refractivity contribution in [3.8, 4) is 0 Å². The van der Waals surface area contributed by atoms with Crippen LogP contribution in [-0.4, -0.2) is 19.3 Å². The van der Waals surface area contributed by atoms with Gasteiger partial charge in [-0.2, -0.15) is 0 Å². The number of allylic oxidation sites excluding steroid dienone is 2. The summed E-state index contributed by atoms with van der Waals surface area (Å²) in [5.41, 5.74) is 2.64. The normalized spacial score (nSPS) is 23.3. The molecule has 0 atom stereocenters. The summed E-state index contributed by atoms with van der Waals surface area (Å²) in [4.78, 5) is 4.37. The van der Waals surface area contributed by atoms with Gasteiger partial charge in [0.2, 0.25) is 0 Å². The summed E-state index contributed by atoms with van der Waals surface area (Å²) < 4.78 is 0. The van der Waals surface area contributed by atoms with Crippen LogP contribution < -0.4 is 5.32 Å². The van der Waals surface area contributed by atoms with E-state index in [1.54, 1.807) is 0 Å². The molecule has 0 spiro atoms. The van der Waals surface area contributed by atoms with Gasteiger partial charge in [0.25, 0.3) is 0 Å². The molecule has 0 amide bonds. The topological polar surface area (TPSA) is 24.4 Å². The van der Waals surface area contributed by atoms with Crippen LogP contribution >= 0.6 is 0 Å². The predicted molar refractivity (Wildman–Crippen MR) is 46.8 cm³/mol. The van der Waals surface area contributed by atoms with Gasteiger partial charge in [0, 0.05) is 19.2 Å². The molecule has 2 rings (SSSR count). The van der Waals surface area contributed by atoms with Gasteiger partial charge in [0.15, 0.2) is 0 Å². The SMILES string of the molecule is C1=CC2=C(CNCC2)N=CC1. The third kappa shape index (κ3) is 1.40. The maximum atomic E-state index is 4.37. The third-order valence-electron chi connectivity index (χ3n) is 2.04. The van der Waals surface area contributed by atoms with E-state index in [4.69, 9.17) is 0 Å². The molecule has 2 heterocycles. The molecular formula is C9H12N2. The van der Waals surface area contributed by atoms with E-state index in [0.29, 0.717) is 0 Å². The lowest BCUT2D eigenvalue weighted by Crippen LogP contribution is -2.23. The molecule has 0 radical (unpaired) electrons. The summed E-state index contributed by atoms with van der Waals surface area (Å²) in [6.45, 7) is 2.04. The molecule has 2 nitrogen and oxygen atoms in total. The van der Waals surface area contributed by atoms with E-state index < -0.39 is 0 Å². The lowest BCUT2D eigenvalue weighted by molar-refractivity contribution is 0.682. The first-order valence-corrected chi connectivity index (χ1v) is 4.08. The molecule has 0 unspecified atom stereocenters. The van der Waals surface area contributed by atoms with E-state index in [9.17, 15) is 0 Å². The molecule has 0 saturated heterocycles. The van der Waals surface area contributed by atoms with Gasteiger partial charge in [-0.1, -0.05) is 12.2 Å². The van der Waals surface area contributed by atoms with Crippen molar-refractivity contribution in [3.63, 3.8) is 0 Å². The van der Waals surface area contributed by atoms with Crippen molar-refractivity contribution in [2.24, 2.45) is 4.99 Å². The quantitative estimate of drug-likeness (QED) is 0.549. The van der Waals surface area contributed by atoms with Gasteiger partial charge in [-0.15, -0.1) is 0 Å². The molecule has 0 aromatic heterocycles. The van der Waals surface area contributed by atoms with Crippen LogP contribution in [0.1, 0.15) is 12.8 Å². The average molecular weight is 148 g/mol. The Kier molecular flexibility index (Phi) is 1.86. The Morgan fingerprint density at radius 1 is 1.45 bits per heavy atom. The lowest BCUT2D eigenvalue weighted by Gasteiger charge is -2.14. The highest BCUT2D eigenvalue weighted by molar-refractivity contribution is 5.63. The molecule has 0 bridgehead atoms. The van der Waals surface area contributed by atoms with Crippen LogP contribution in [0.15, 0.2) is 28.4 Å². The van der Waals surface area contributed by atoms with E-state index in [-0.39, 0.29) is 0 Å². The lowest BCUT2D eigenvalue weighted by atomic mass is 10.1. The van der Waals surface area contributed by atoms with Gasteiger partial charge in [-0.3, -0.25) is 4.99 Å². The number of nitrogens with zero attached hydrogens (tertiary/aromatic N) is 1. The van der Waals surface area contributed by atoms with Crippen molar-refractivity contribution in [3.05, 3.63) is 23.4 Å². The summed E-state index contributed by atoms with van der Waals surface area (Å²) in [5, 5.41) is 3.31. The minimum absolute atomic E-state index is 0.941. The largest absolute Gasteiger partial charge is 0.311 e. The van der Waals surface area contributed by atoms with Crippen LogP contribution in [-0.2, 0) is 0 Å². The summed E-state index contributed by atoms with van der Waals surface area (Å²) in [6, 6.07) is 0. The van der Waals surface area contributed by atoms with Gasteiger partial charge in [-0.25, -0.2) is 0 Å². The van der Waals surface area contributed by atoms with E-state index in [2.05, 4.69) is 22.5 Å². The molecular weight excluding hydrogens is 136 g/mol. The molecule has 0 aromatic carbocycles. The van der Waals surface area contributed by atoms with Crippen molar-refractivity contribution >= 4 is 6.21 Å². The molecule has 0 fully saturated rings. The van der Waals surface area contributed by atoms with Crippen LogP contribution in [0.5, 0.6) is 0 Å². The van der Waals surface area contributed by atoms with Gasteiger partial charge < -0.3 is 5.32 Å². The fourth-order valence-corrected chi connectivity index (χ4v) is 1.43. The fourth-order valence-electron chi connectivity index (χ4n) is 1.43. The maximum Gasteiger partial charge on any atom is 0.0570 e. The van der Waals surface area contributed by atoms with Crippen LogP contribution in [0.3, 0.4) is 0 Å². The smallest absolute Gasteiger partial charge is 0.0570 e. The fraction of sp³-hybridized carbons (Fsp3) is 0.444. The Hall–Kier alpha value is -0.890. The van der Waals surface area contributed by atoms with Gasteiger partial charge in [0.05, 0.1) is 5.70 Å². The second-order valence-corrected chi connectivity index (χ2v) is 2.85. The Bertz CT molecular complexity index is 212. The highest BCUT2D eigenvalue weighted by Crippen LogP contribution is 2.16.